The average Bonchev–Trinajstić information content (AvgIpc) is 2.76. The zero-order valence-corrected chi connectivity index (χ0v) is 18.7. The summed E-state index contributed by atoms with van der Waals surface area (Å²) in [6, 6.07) is 3.15. The van der Waals surface area contributed by atoms with Crippen LogP contribution in [0, 0.1) is 0 Å². The first-order valence-corrected chi connectivity index (χ1v) is 10.4. The normalized spacial score (nSPS) is 13.7. The number of hydrogen-bond acceptors (Lipinski definition) is 8. The van der Waals surface area contributed by atoms with Crippen molar-refractivity contribution in [2.75, 3.05) is 26.2 Å². The highest BCUT2D eigenvalue weighted by Gasteiger charge is 2.33. The van der Waals surface area contributed by atoms with E-state index < -0.39 is 80.5 Å². The molecule has 1 rings (SSSR count). The van der Waals surface area contributed by atoms with Gasteiger partial charge in [-0.25, -0.2) is 0 Å². The number of nitrogens with zero attached hydrogens (tertiary/aromatic N) is 2. The van der Waals surface area contributed by atoms with Gasteiger partial charge < -0.3 is 30.6 Å². The molecule has 1 aromatic rings. The van der Waals surface area contributed by atoms with Gasteiger partial charge >= 0.3 is 29.8 Å². The van der Waals surface area contributed by atoms with E-state index in [1.54, 1.807) is 24.3 Å². The number of benzene rings is 1. The molecular formula is C22H28N2O11. The van der Waals surface area contributed by atoms with Gasteiger partial charge in [0.05, 0.1) is 25.5 Å². The Balaban J connectivity index is 3.29. The summed E-state index contributed by atoms with van der Waals surface area (Å²) in [6.07, 6.45) is -1.62. The first-order valence-electron chi connectivity index (χ1n) is 10.4. The van der Waals surface area contributed by atoms with Gasteiger partial charge in [0, 0.05) is 19.6 Å². The number of carboxylic acid groups (broad SMARTS) is 5. The van der Waals surface area contributed by atoms with E-state index in [1.165, 1.54) is 6.08 Å². The van der Waals surface area contributed by atoms with E-state index in [1.807, 2.05) is 0 Å². The molecule has 0 spiro atoms. The molecule has 192 valence electrons. The maximum atomic E-state index is 11.8. The number of rotatable bonds is 17. The summed E-state index contributed by atoms with van der Waals surface area (Å²) in [6.45, 7) is 1.56. The van der Waals surface area contributed by atoms with Crippen molar-refractivity contribution in [3.8, 4) is 0 Å². The topological polar surface area (TPSA) is 213 Å². The van der Waals surface area contributed by atoms with Crippen LogP contribution in [0.3, 0.4) is 0 Å². The number of hydrogen-bond donors (Lipinski definition) is 6. The van der Waals surface area contributed by atoms with Crippen LogP contribution in [0.25, 0.3) is 6.08 Å². The summed E-state index contributed by atoms with van der Waals surface area (Å²) in [4.78, 5) is 59.0. The minimum Gasteiger partial charge on any atom is -0.481 e. The van der Waals surface area contributed by atoms with E-state index in [0.29, 0.717) is 11.1 Å². The van der Waals surface area contributed by atoms with Crippen LogP contribution < -0.4 is 0 Å². The Bertz CT molecular complexity index is 949. The van der Waals surface area contributed by atoms with Crippen LogP contribution in [0.15, 0.2) is 30.8 Å². The molecule has 3 atom stereocenters. The third-order valence-corrected chi connectivity index (χ3v) is 5.18. The van der Waals surface area contributed by atoms with Crippen LogP contribution in [0.1, 0.15) is 30.1 Å². The quantitative estimate of drug-likeness (QED) is 0.166. The maximum absolute atomic E-state index is 11.8. The monoisotopic (exact) mass is 496 g/mol. The van der Waals surface area contributed by atoms with Gasteiger partial charge in [-0.3, -0.25) is 33.8 Å². The van der Waals surface area contributed by atoms with Gasteiger partial charge in [-0.1, -0.05) is 36.9 Å². The van der Waals surface area contributed by atoms with Crippen LogP contribution >= 0.6 is 0 Å². The molecule has 0 heterocycles. The van der Waals surface area contributed by atoms with Crippen LogP contribution in [0.2, 0.25) is 0 Å². The van der Waals surface area contributed by atoms with E-state index >= 15 is 0 Å². The van der Waals surface area contributed by atoms with Gasteiger partial charge in [0.2, 0.25) is 0 Å². The molecule has 0 aliphatic rings. The second kappa shape index (κ2) is 13.8. The van der Waals surface area contributed by atoms with Gasteiger partial charge in [0.1, 0.15) is 12.1 Å². The number of carboxylic acids is 5. The Morgan fingerprint density at radius 3 is 1.74 bits per heavy atom. The summed E-state index contributed by atoms with van der Waals surface area (Å²) in [5.74, 6) is -7.51. The summed E-state index contributed by atoms with van der Waals surface area (Å²) >= 11 is 0. The van der Waals surface area contributed by atoms with Crippen molar-refractivity contribution in [3.05, 3.63) is 42.0 Å². The molecule has 35 heavy (non-hydrogen) atoms. The van der Waals surface area contributed by atoms with Gasteiger partial charge in [-0.2, -0.15) is 0 Å². The molecule has 0 saturated heterocycles. The number of aliphatic hydroxyl groups is 1. The molecule has 0 bridgehead atoms. The lowest BCUT2D eigenvalue weighted by Crippen LogP contribution is -2.51. The zero-order valence-electron chi connectivity index (χ0n) is 18.7. The standard InChI is InChI=1S/C22H28N2O11/c1-2-13-5-3-4-6-14(13)17(25)11-23(15(21(32)33)9-18(26)27)7-8-24(12-20(30)31)16(22(34)35)10-19(28)29/h2-6,15-17,25H,1,7-12H2,(H,26,27)(H,28,29)(H,30,31)(H,32,33)(H,34,35). The first-order chi connectivity index (χ1) is 16.4. The van der Waals surface area contributed by atoms with Gasteiger partial charge in [0.25, 0.3) is 0 Å². The Kier molecular flexibility index (Phi) is 11.5. The number of aliphatic carboxylic acids is 5. The largest absolute Gasteiger partial charge is 0.481 e. The molecule has 0 aromatic heterocycles. The molecule has 0 aliphatic carbocycles. The smallest absolute Gasteiger partial charge is 0.321 e. The molecule has 0 aliphatic heterocycles. The fraction of sp³-hybridized carbons (Fsp3) is 0.409. The van der Waals surface area contributed by atoms with Crippen LogP contribution in [-0.2, 0) is 24.0 Å². The summed E-state index contributed by atoms with van der Waals surface area (Å²) < 4.78 is 0. The van der Waals surface area contributed by atoms with Crippen molar-refractivity contribution < 1.29 is 54.6 Å². The minimum absolute atomic E-state index is 0.378. The fourth-order valence-electron chi connectivity index (χ4n) is 3.55. The molecule has 0 fully saturated rings. The molecule has 13 heteroatoms. The highest BCUT2D eigenvalue weighted by atomic mass is 16.4. The lowest BCUT2D eigenvalue weighted by Gasteiger charge is -2.33. The summed E-state index contributed by atoms with van der Waals surface area (Å²) in [7, 11) is 0. The highest BCUT2D eigenvalue weighted by molar-refractivity contribution is 5.82. The zero-order chi connectivity index (χ0) is 26.7. The molecule has 0 amide bonds. The Morgan fingerprint density at radius 2 is 1.29 bits per heavy atom. The van der Waals surface area contributed by atoms with Crippen molar-refractivity contribution in [2.45, 2.75) is 31.0 Å². The van der Waals surface area contributed by atoms with Crippen LogP contribution in [0.4, 0.5) is 0 Å². The van der Waals surface area contributed by atoms with Crippen molar-refractivity contribution in [3.63, 3.8) is 0 Å². The van der Waals surface area contributed by atoms with Crippen molar-refractivity contribution >= 4 is 35.9 Å². The van der Waals surface area contributed by atoms with Crippen molar-refractivity contribution in [2.24, 2.45) is 0 Å². The van der Waals surface area contributed by atoms with Gasteiger partial charge in [-0.05, 0) is 11.1 Å². The van der Waals surface area contributed by atoms with Gasteiger partial charge in [-0.15, -0.1) is 0 Å². The summed E-state index contributed by atoms with van der Waals surface area (Å²) in [5.41, 5.74) is 0.925. The van der Waals surface area contributed by atoms with E-state index in [2.05, 4.69) is 6.58 Å². The van der Waals surface area contributed by atoms with E-state index in [9.17, 15) is 44.4 Å². The molecular weight excluding hydrogens is 468 g/mol. The Hall–Kier alpha value is -3.81. The molecule has 0 radical (unpaired) electrons. The Labute approximate surface area is 200 Å². The van der Waals surface area contributed by atoms with E-state index in [0.717, 1.165) is 9.80 Å². The molecule has 0 saturated carbocycles. The van der Waals surface area contributed by atoms with E-state index in [4.69, 9.17) is 10.2 Å². The number of aliphatic hydroxyl groups excluding tert-OH is 1. The second-order valence-corrected chi connectivity index (χ2v) is 7.61. The lowest BCUT2D eigenvalue weighted by atomic mass is 10.0. The molecule has 3 unspecified atom stereocenters. The predicted molar refractivity (Wildman–Crippen MR) is 120 cm³/mol. The average molecular weight is 496 g/mol. The molecule has 6 N–H and O–H groups in total. The second-order valence-electron chi connectivity index (χ2n) is 7.61. The third-order valence-electron chi connectivity index (χ3n) is 5.18. The van der Waals surface area contributed by atoms with Gasteiger partial charge in [0.15, 0.2) is 0 Å². The molecule has 1 aromatic carbocycles. The fourth-order valence-corrected chi connectivity index (χ4v) is 3.55. The minimum atomic E-state index is -1.74. The van der Waals surface area contributed by atoms with Crippen molar-refractivity contribution in [1.82, 2.24) is 9.80 Å². The van der Waals surface area contributed by atoms with Crippen LogP contribution in [-0.4, -0.2) is 109 Å². The maximum Gasteiger partial charge on any atom is 0.321 e. The van der Waals surface area contributed by atoms with Crippen LogP contribution in [0.5, 0.6) is 0 Å². The van der Waals surface area contributed by atoms with E-state index in [-0.39, 0.29) is 6.54 Å². The highest BCUT2D eigenvalue weighted by Crippen LogP contribution is 2.22. The predicted octanol–water partition coefficient (Wildman–Crippen LogP) is -0.0926. The Morgan fingerprint density at radius 1 is 0.800 bits per heavy atom. The lowest BCUT2D eigenvalue weighted by molar-refractivity contribution is -0.153. The SMILES string of the molecule is C=Cc1ccccc1C(O)CN(CCN(CC(=O)O)C(CC(=O)O)C(=O)O)C(CC(=O)O)C(=O)O. The van der Waals surface area contributed by atoms with Crippen molar-refractivity contribution in [1.29, 1.82) is 0 Å². The number of carbonyl (C=O) groups is 5. The molecule has 13 nitrogen and oxygen atoms in total. The third kappa shape index (κ3) is 9.52. The first kappa shape index (κ1) is 29.2. The summed E-state index contributed by atoms with van der Waals surface area (Å²) in [5, 5.41) is 57.2.